The molecule has 1 amide bonds. The van der Waals surface area contributed by atoms with Gasteiger partial charge in [-0.3, -0.25) is 4.79 Å². The number of rotatable bonds is 6. The largest absolute Gasteiger partial charge is 0.370 e. The number of amides is 1. The number of halogens is 1. The van der Waals surface area contributed by atoms with E-state index in [1.165, 1.54) is 0 Å². The Labute approximate surface area is 121 Å². The molecule has 1 heterocycles. The first-order valence-electron chi connectivity index (χ1n) is 5.69. The molecule has 0 saturated carbocycles. The molecule has 19 heavy (non-hydrogen) atoms. The predicted molar refractivity (Wildman–Crippen MR) is 78.1 cm³/mol. The van der Waals surface area contributed by atoms with Crippen LogP contribution >= 0.6 is 15.9 Å². The molecule has 1 aromatic heterocycles. The third-order valence-corrected chi connectivity index (χ3v) is 3.58. The first-order valence-corrected chi connectivity index (χ1v) is 8.54. The van der Waals surface area contributed by atoms with Crippen molar-refractivity contribution in [3.63, 3.8) is 0 Å². The molecule has 0 radical (unpaired) electrons. The highest BCUT2D eigenvalue weighted by Gasteiger charge is 2.13. The van der Waals surface area contributed by atoms with Crippen LogP contribution in [-0.2, 0) is 9.84 Å². The lowest BCUT2D eigenvalue weighted by Gasteiger charge is -2.10. The van der Waals surface area contributed by atoms with E-state index in [0.29, 0.717) is 22.4 Å². The molecule has 0 unspecified atom stereocenters. The molecule has 8 heteroatoms. The van der Waals surface area contributed by atoms with E-state index in [1.807, 2.05) is 6.92 Å². The zero-order valence-electron chi connectivity index (χ0n) is 10.7. The van der Waals surface area contributed by atoms with Crippen molar-refractivity contribution in [2.75, 3.05) is 30.4 Å². The third-order valence-electron chi connectivity index (χ3n) is 2.20. The van der Waals surface area contributed by atoms with Crippen molar-refractivity contribution in [1.82, 2.24) is 10.3 Å². The topological polar surface area (TPSA) is 88.2 Å². The van der Waals surface area contributed by atoms with Crippen LogP contribution in [0.5, 0.6) is 0 Å². The molecule has 0 spiro atoms. The van der Waals surface area contributed by atoms with Crippen LogP contribution in [0.15, 0.2) is 16.7 Å². The Hall–Kier alpha value is -1.15. The average molecular weight is 350 g/mol. The number of pyridine rings is 1. The molecule has 0 fully saturated rings. The summed E-state index contributed by atoms with van der Waals surface area (Å²) in [4.78, 5) is 16.1. The number of hydrogen-bond donors (Lipinski definition) is 2. The Morgan fingerprint density at radius 1 is 1.47 bits per heavy atom. The van der Waals surface area contributed by atoms with Crippen LogP contribution in [-0.4, -0.2) is 44.4 Å². The van der Waals surface area contributed by atoms with Gasteiger partial charge in [-0.1, -0.05) is 0 Å². The zero-order chi connectivity index (χ0) is 14.5. The predicted octanol–water partition coefficient (Wildman–Crippen LogP) is 1.05. The maximum Gasteiger partial charge on any atom is 0.255 e. The van der Waals surface area contributed by atoms with Gasteiger partial charge in [0, 0.05) is 30.0 Å². The van der Waals surface area contributed by atoms with Crippen LogP contribution in [0.1, 0.15) is 17.3 Å². The number of aromatic nitrogens is 1. The van der Waals surface area contributed by atoms with Gasteiger partial charge >= 0.3 is 0 Å². The SMILES string of the molecule is CCNc1ncc(Br)cc1C(=O)NCCS(C)(=O)=O. The van der Waals surface area contributed by atoms with Gasteiger partial charge in [0.2, 0.25) is 0 Å². The first-order chi connectivity index (χ1) is 8.83. The highest BCUT2D eigenvalue weighted by atomic mass is 79.9. The summed E-state index contributed by atoms with van der Waals surface area (Å²) >= 11 is 3.25. The Morgan fingerprint density at radius 2 is 2.16 bits per heavy atom. The maximum absolute atomic E-state index is 12.0. The van der Waals surface area contributed by atoms with Crippen molar-refractivity contribution in [1.29, 1.82) is 0 Å². The normalized spacial score (nSPS) is 11.1. The highest BCUT2D eigenvalue weighted by Crippen LogP contribution is 2.17. The molecule has 106 valence electrons. The Bertz CT molecular complexity index is 560. The fourth-order valence-electron chi connectivity index (χ4n) is 1.37. The standard InChI is InChI=1S/C11H16BrN3O3S/c1-3-13-10-9(6-8(12)7-15-10)11(16)14-4-5-19(2,17)18/h6-7H,3-5H2,1-2H3,(H,13,15)(H,14,16). The fourth-order valence-corrected chi connectivity index (χ4v) is 2.17. The number of nitrogens with zero attached hydrogens (tertiary/aromatic N) is 1. The van der Waals surface area contributed by atoms with Crippen LogP contribution in [0.3, 0.4) is 0 Å². The molecular formula is C11H16BrN3O3S. The molecule has 0 aliphatic rings. The first kappa shape index (κ1) is 15.9. The molecule has 0 aliphatic heterocycles. The van der Waals surface area contributed by atoms with Gasteiger partial charge in [0.05, 0.1) is 11.3 Å². The van der Waals surface area contributed by atoms with Gasteiger partial charge in [0.1, 0.15) is 15.7 Å². The minimum atomic E-state index is -3.09. The van der Waals surface area contributed by atoms with Gasteiger partial charge in [-0.25, -0.2) is 13.4 Å². The van der Waals surface area contributed by atoms with Gasteiger partial charge in [-0.05, 0) is 28.9 Å². The van der Waals surface area contributed by atoms with E-state index in [-0.39, 0.29) is 18.2 Å². The van der Waals surface area contributed by atoms with Crippen molar-refractivity contribution in [3.8, 4) is 0 Å². The summed E-state index contributed by atoms with van der Waals surface area (Å²) < 4.78 is 22.7. The lowest BCUT2D eigenvalue weighted by Crippen LogP contribution is -2.29. The average Bonchev–Trinajstić information content (AvgIpc) is 2.30. The summed E-state index contributed by atoms with van der Waals surface area (Å²) in [5, 5.41) is 5.54. The van der Waals surface area contributed by atoms with Crippen molar-refractivity contribution >= 4 is 37.5 Å². The highest BCUT2D eigenvalue weighted by molar-refractivity contribution is 9.10. The molecule has 1 aromatic rings. The van der Waals surface area contributed by atoms with Gasteiger partial charge in [-0.2, -0.15) is 0 Å². The van der Waals surface area contributed by atoms with Crippen LogP contribution in [0.2, 0.25) is 0 Å². The lowest BCUT2D eigenvalue weighted by molar-refractivity contribution is 0.0956. The van der Waals surface area contributed by atoms with Crippen LogP contribution in [0, 0.1) is 0 Å². The lowest BCUT2D eigenvalue weighted by atomic mass is 10.2. The summed E-state index contributed by atoms with van der Waals surface area (Å²) in [7, 11) is -3.09. The molecule has 0 atom stereocenters. The quantitative estimate of drug-likeness (QED) is 0.801. The Kier molecular flexibility index (Phi) is 5.74. The number of carbonyl (C=O) groups excluding carboxylic acids is 1. The van der Waals surface area contributed by atoms with Crippen LogP contribution < -0.4 is 10.6 Å². The van der Waals surface area contributed by atoms with E-state index in [9.17, 15) is 13.2 Å². The second-order valence-corrected chi connectivity index (χ2v) is 7.14. The molecular weight excluding hydrogens is 334 g/mol. The van der Waals surface area contributed by atoms with Crippen LogP contribution in [0.4, 0.5) is 5.82 Å². The second-order valence-electron chi connectivity index (χ2n) is 3.97. The Morgan fingerprint density at radius 3 is 2.74 bits per heavy atom. The van der Waals surface area contributed by atoms with E-state index < -0.39 is 9.84 Å². The van der Waals surface area contributed by atoms with E-state index in [4.69, 9.17) is 0 Å². The summed E-state index contributed by atoms with van der Waals surface area (Å²) in [6, 6.07) is 1.64. The molecule has 0 saturated heterocycles. The van der Waals surface area contributed by atoms with E-state index in [0.717, 1.165) is 6.26 Å². The molecule has 2 N–H and O–H groups in total. The number of nitrogens with one attached hydrogen (secondary N) is 2. The number of anilines is 1. The minimum Gasteiger partial charge on any atom is -0.370 e. The van der Waals surface area contributed by atoms with Crippen molar-refractivity contribution < 1.29 is 13.2 Å². The summed E-state index contributed by atoms with van der Waals surface area (Å²) in [6.45, 7) is 2.61. The van der Waals surface area contributed by atoms with Gasteiger partial charge in [0.25, 0.3) is 5.91 Å². The van der Waals surface area contributed by atoms with E-state index in [2.05, 4.69) is 31.5 Å². The van der Waals surface area contributed by atoms with Gasteiger partial charge in [-0.15, -0.1) is 0 Å². The van der Waals surface area contributed by atoms with Crippen molar-refractivity contribution in [3.05, 3.63) is 22.3 Å². The number of carbonyl (C=O) groups is 1. The minimum absolute atomic E-state index is 0.0791. The van der Waals surface area contributed by atoms with Gasteiger partial charge < -0.3 is 10.6 Å². The van der Waals surface area contributed by atoms with Crippen molar-refractivity contribution in [2.45, 2.75) is 6.92 Å². The zero-order valence-corrected chi connectivity index (χ0v) is 13.1. The van der Waals surface area contributed by atoms with E-state index in [1.54, 1.807) is 12.3 Å². The van der Waals surface area contributed by atoms with Crippen LogP contribution in [0.25, 0.3) is 0 Å². The summed E-state index contributed by atoms with van der Waals surface area (Å²) in [5.41, 5.74) is 0.379. The second kappa shape index (κ2) is 6.85. The molecule has 0 aliphatic carbocycles. The van der Waals surface area contributed by atoms with E-state index >= 15 is 0 Å². The van der Waals surface area contributed by atoms with Crippen molar-refractivity contribution in [2.24, 2.45) is 0 Å². The molecule has 0 aromatic carbocycles. The third kappa shape index (κ3) is 5.56. The molecule has 0 bridgehead atoms. The monoisotopic (exact) mass is 349 g/mol. The molecule has 6 nitrogen and oxygen atoms in total. The summed E-state index contributed by atoms with van der Waals surface area (Å²) in [5.74, 6) is 0.0347. The smallest absolute Gasteiger partial charge is 0.255 e. The summed E-state index contributed by atoms with van der Waals surface area (Å²) in [6.07, 6.45) is 2.72. The molecule has 1 rings (SSSR count). The van der Waals surface area contributed by atoms with Gasteiger partial charge in [0.15, 0.2) is 0 Å². The number of sulfone groups is 1. The number of hydrogen-bond acceptors (Lipinski definition) is 5. The fraction of sp³-hybridized carbons (Fsp3) is 0.455. The maximum atomic E-state index is 12.0. The Balaban J connectivity index is 2.78.